The molecule has 82 valence electrons. The van der Waals surface area contributed by atoms with Gasteiger partial charge in [0.15, 0.2) is 0 Å². The number of phenols is 1. The molecule has 0 heterocycles. The van der Waals surface area contributed by atoms with Gasteiger partial charge in [0.25, 0.3) is 0 Å². The van der Waals surface area contributed by atoms with Crippen molar-refractivity contribution < 1.29 is 19.4 Å². The Morgan fingerprint density at radius 1 is 1.47 bits per heavy atom. The SMILES string of the molecule is CC[C@H](CC(=O)O)c1cc(O)cc(F)c1. The number of benzene rings is 1. The molecule has 0 bridgehead atoms. The van der Waals surface area contributed by atoms with Crippen LogP contribution in [-0.2, 0) is 4.79 Å². The number of hydrogen-bond acceptors (Lipinski definition) is 2. The normalized spacial score (nSPS) is 12.4. The Balaban J connectivity index is 2.95. The monoisotopic (exact) mass is 212 g/mol. The van der Waals surface area contributed by atoms with Gasteiger partial charge in [-0.1, -0.05) is 6.92 Å². The first-order valence-electron chi connectivity index (χ1n) is 4.74. The van der Waals surface area contributed by atoms with Crippen LogP contribution < -0.4 is 0 Å². The highest BCUT2D eigenvalue weighted by atomic mass is 19.1. The third-order valence-corrected chi connectivity index (χ3v) is 2.29. The maximum absolute atomic E-state index is 13.0. The van der Waals surface area contributed by atoms with Crippen molar-refractivity contribution in [1.82, 2.24) is 0 Å². The van der Waals surface area contributed by atoms with Crippen LogP contribution in [0, 0.1) is 5.82 Å². The summed E-state index contributed by atoms with van der Waals surface area (Å²) in [6.07, 6.45) is 0.536. The summed E-state index contributed by atoms with van der Waals surface area (Å²) in [6, 6.07) is 3.66. The fourth-order valence-corrected chi connectivity index (χ4v) is 1.54. The minimum Gasteiger partial charge on any atom is -0.508 e. The Kier molecular flexibility index (Phi) is 3.66. The summed E-state index contributed by atoms with van der Waals surface area (Å²) in [5, 5.41) is 17.8. The molecule has 0 amide bonds. The van der Waals surface area contributed by atoms with Crippen molar-refractivity contribution in [3.8, 4) is 5.75 Å². The number of carboxylic acids is 1. The molecule has 0 aliphatic carbocycles. The molecule has 1 aromatic rings. The molecule has 0 saturated carbocycles. The van der Waals surface area contributed by atoms with E-state index in [2.05, 4.69) is 0 Å². The highest BCUT2D eigenvalue weighted by molar-refractivity contribution is 5.68. The molecular weight excluding hydrogens is 199 g/mol. The number of carbonyl (C=O) groups is 1. The van der Waals surface area contributed by atoms with Crippen LogP contribution in [0.2, 0.25) is 0 Å². The molecule has 0 aliphatic heterocycles. The van der Waals surface area contributed by atoms with Gasteiger partial charge in [-0.2, -0.15) is 0 Å². The highest BCUT2D eigenvalue weighted by Gasteiger charge is 2.15. The molecule has 0 aliphatic rings. The van der Waals surface area contributed by atoms with Crippen LogP contribution in [-0.4, -0.2) is 16.2 Å². The van der Waals surface area contributed by atoms with Crippen LogP contribution in [0.4, 0.5) is 4.39 Å². The minimum atomic E-state index is -0.925. The minimum absolute atomic E-state index is 0.0562. The average Bonchev–Trinajstić information content (AvgIpc) is 2.12. The fourth-order valence-electron chi connectivity index (χ4n) is 1.54. The smallest absolute Gasteiger partial charge is 0.303 e. The number of rotatable bonds is 4. The number of aliphatic carboxylic acids is 1. The predicted molar refractivity (Wildman–Crippen MR) is 53.3 cm³/mol. The summed E-state index contributed by atoms with van der Waals surface area (Å²) in [7, 11) is 0. The lowest BCUT2D eigenvalue weighted by molar-refractivity contribution is -0.137. The molecule has 0 unspecified atom stereocenters. The van der Waals surface area contributed by atoms with Gasteiger partial charge >= 0.3 is 5.97 Å². The van der Waals surface area contributed by atoms with E-state index in [0.29, 0.717) is 12.0 Å². The Morgan fingerprint density at radius 3 is 2.60 bits per heavy atom. The predicted octanol–water partition coefficient (Wildman–Crippen LogP) is 2.50. The van der Waals surface area contributed by atoms with E-state index >= 15 is 0 Å². The van der Waals surface area contributed by atoms with Crippen LogP contribution in [0.15, 0.2) is 18.2 Å². The Bertz CT molecular complexity index is 343. The summed E-state index contributed by atoms with van der Waals surface area (Å²) < 4.78 is 13.0. The number of aromatic hydroxyl groups is 1. The van der Waals surface area contributed by atoms with E-state index in [1.54, 1.807) is 0 Å². The average molecular weight is 212 g/mol. The second kappa shape index (κ2) is 4.77. The van der Waals surface area contributed by atoms with Crippen LogP contribution in [0.25, 0.3) is 0 Å². The largest absolute Gasteiger partial charge is 0.508 e. The van der Waals surface area contributed by atoms with Gasteiger partial charge in [0.1, 0.15) is 11.6 Å². The summed E-state index contributed by atoms with van der Waals surface area (Å²) in [6.45, 7) is 1.83. The van der Waals surface area contributed by atoms with Crippen molar-refractivity contribution >= 4 is 5.97 Å². The van der Waals surface area contributed by atoms with Crippen molar-refractivity contribution in [2.45, 2.75) is 25.7 Å². The van der Waals surface area contributed by atoms with Gasteiger partial charge in [0.2, 0.25) is 0 Å². The first kappa shape index (κ1) is 11.5. The van der Waals surface area contributed by atoms with Crippen molar-refractivity contribution in [3.05, 3.63) is 29.6 Å². The quantitative estimate of drug-likeness (QED) is 0.806. The lowest BCUT2D eigenvalue weighted by atomic mass is 9.93. The summed E-state index contributed by atoms with van der Waals surface area (Å²) in [4.78, 5) is 10.6. The molecule has 0 spiro atoms. The molecule has 4 heteroatoms. The molecule has 1 atom stereocenters. The van der Waals surface area contributed by atoms with Crippen LogP contribution in [0.5, 0.6) is 5.75 Å². The Labute approximate surface area is 87.2 Å². The first-order valence-corrected chi connectivity index (χ1v) is 4.74. The zero-order valence-corrected chi connectivity index (χ0v) is 8.40. The molecule has 1 rings (SSSR count). The molecule has 2 N–H and O–H groups in total. The second-order valence-corrected chi connectivity index (χ2v) is 3.45. The van der Waals surface area contributed by atoms with E-state index in [9.17, 15) is 14.3 Å². The standard InChI is InChI=1S/C11H13FO3/c1-2-7(5-11(14)15)8-3-9(12)6-10(13)4-8/h3-4,6-7,13H,2,5H2,1H3,(H,14,15)/t7-/m1/s1. The molecule has 0 fully saturated rings. The van der Waals surface area contributed by atoms with E-state index in [0.717, 1.165) is 6.07 Å². The van der Waals surface area contributed by atoms with Crippen molar-refractivity contribution in [1.29, 1.82) is 0 Å². The van der Waals surface area contributed by atoms with E-state index in [1.807, 2.05) is 6.92 Å². The van der Waals surface area contributed by atoms with Crippen LogP contribution in [0.3, 0.4) is 0 Å². The van der Waals surface area contributed by atoms with E-state index in [4.69, 9.17) is 5.11 Å². The third kappa shape index (κ3) is 3.23. The van der Waals surface area contributed by atoms with Gasteiger partial charge in [0, 0.05) is 6.07 Å². The highest BCUT2D eigenvalue weighted by Crippen LogP contribution is 2.27. The summed E-state index contributed by atoms with van der Waals surface area (Å²) >= 11 is 0. The first-order chi connectivity index (χ1) is 7.02. The molecule has 3 nitrogen and oxygen atoms in total. The lowest BCUT2D eigenvalue weighted by Gasteiger charge is -2.13. The van der Waals surface area contributed by atoms with Gasteiger partial charge in [-0.05, 0) is 30.0 Å². The lowest BCUT2D eigenvalue weighted by Crippen LogP contribution is -2.05. The Morgan fingerprint density at radius 2 is 2.13 bits per heavy atom. The van der Waals surface area contributed by atoms with Crippen molar-refractivity contribution in [2.24, 2.45) is 0 Å². The zero-order valence-electron chi connectivity index (χ0n) is 8.40. The van der Waals surface area contributed by atoms with E-state index < -0.39 is 11.8 Å². The molecule has 0 saturated heterocycles. The summed E-state index contributed by atoms with van der Waals surface area (Å²) in [5.74, 6) is -1.91. The Hall–Kier alpha value is -1.58. The molecule has 0 radical (unpaired) electrons. The number of phenolic OH excluding ortho intramolecular Hbond substituents is 1. The van der Waals surface area contributed by atoms with Gasteiger partial charge in [-0.15, -0.1) is 0 Å². The topological polar surface area (TPSA) is 57.5 Å². The molecule has 1 aromatic carbocycles. The third-order valence-electron chi connectivity index (χ3n) is 2.29. The van der Waals surface area contributed by atoms with Crippen molar-refractivity contribution in [2.75, 3.05) is 0 Å². The van der Waals surface area contributed by atoms with Gasteiger partial charge < -0.3 is 10.2 Å². The van der Waals surface area contributed by atoms with Gasteiger partial charge in [-0.25, -0.2) is 4.39 Å². The molecule has 0 aromatic heterocycles. The van der Waals surface area contributed by atoms with Gasteiger partial charge in [-0.3, -0.25) is 4.79 Å². The molecule has 15 heavy (non-hydrogen) atoms. The van der Waals surface area contributed by atoms with Crippen LogP contribution in [0.1, 0.15) is 31.2 Å². The van der Waals surface area contributed by atoms with Gasteiger partial charge in [0.05, 0.1) is 6.42 Å². The van der Waals surface area contributed by atoms with E-state index in [-0.39, 0.29) is 18.1 Å². The van der Waals surface area contributed by atoms with Crippen LogP contribution >= 0.6 is 0 Å². The molecular formula is C11H13FO3. The fraction of sp³-hybridized carbons (Fsp3) is 0.364. The zero-order chi connectivity index (χ0) is 11.4. The van der Waals surface area contributed by atoms with Crippen molar-refractivity contribution in [3.63, 3.8) is 0 Å². The second-order valence-electron chi connectivity index (χ2n) is 3.45. The maximum Gasteiger partial charge on any atom is 0.303 e. The maximum atomic E-state index is 13.0. The number of carboxylic acid groups (broad SMARTS) is 1. The van der Waals surface area contributed by atoms with E-state index in [1.165, 1.54) is 12.1 Å². The number of halogens is 1. The summed E-state index contributed by atoms with van der Waals surface area (Å²) in [5.41, 5.74) is 0.525. The number of hydrogen-bond donors (Lipinski definition) is 2.